The molecule has 0 fully saturated rings. The molecular weight excluding hydrogens is 498 g/mol. The molecule has 0 spiro atoms. The van der Waals surface area contributed by atoms with Crippen molar-refractivity contribution in [1.82, 2.24) is 9.73 Å². The second-order valence-corrected chi connectivity index (χ2v) is 9.62. The number of methoxy groups -OCH3 is 3. The molecule has 0 aliphatic carbocycles. The number of sulfonamides is 1. The second kappa shape index (κ2) is 12.7. The molecule has 1 amide bonds. The van der Waals surface area contributed by atoms with Crippen LogP contribution >= 0.6 is 0 Å². The first-order valence-corrected chi connectivity index (χ1v) is 12.5. The molecule has 0 atom stereocenters. The third-order valence-corrected chi connectivity index (χ3v) is 7.04. The van der Waals surface area contributed by atoms with Crippen LogP contribution in [-0.2, 0) is 26.1 Å². The first kappa shape index (κ1) is 27.4. The molecule has 11 heteroatoms. The number of hydrogen-bond acceptors (Lipinski definition) is 8. The van der Waals surface area contributed by atoms with Gasteiger partial charge in [0.25, 0.3) is 5.91 Å². The van der Waals surface area contributed by atoms with E-state index in [1.807, 2.05) is 6.07 Å². The molecule has 0 aliphatic rings. The van der Waals surface area contributed by atoms with E-state index in [1.165, 1.54) is 45.7 Å². The summed E-state index contributed by atoms with van der Waals surface area (Å²) in [6.07, 6.45) is 1.38. The van der Waals surface area contributed by atoms with Gasteiger partial charge in [0.1, 0.15) is 0 Å². The van der Waals surface area contributed by atoms with Crippen molar-refractivity contribution < 1.29 is 32.2 Å². The number of nitrogens with one attached hydrogen (secondary N) is 1. The highest BCUT2D eigenvalue weighted by Crippen LogP contribution is 2.31. The highest BCUT2D eigenvalue weighted by Gasteiger charge is 2.28. The second-order valence-electron chi connectivity index (χ2n) is 7.68. The van der Waals surface area contributed by atoms with E-state index >= 15 is 0 Å². The van der Waals surface area contributed by atoms with Gasteiger partial charge in [-0.1, -0.05) is 42.5 Å². The molecule has 0 unspecified atom stereocenters. The van der Waals surface area contributed by atoms with Crippen molar-refractivity contribution in [2.75, 3.05) is 27.9 Å². The molecule has 3 rings (SSSR count). The van der Waals surface area contributed by atoms with Gasteiger partial charge in [0.05, 0.1) is 44.5 Å². The Hall–Kier alpha value is -4.22. The summed E-state index contributed by atoms with van der Waals surface area (Å²) in [5.41, 5.74) is 4.04. The van der Waals surface area contributed by atoms with Crippen molar-refractivity contribution in [3.63, 3.8) is 0 Å². The van der Waals surface area contributed by atoms with Crippen LogP contribution in [0.4, 0.5) is 0 Å². The van der Waals surface area contributed by atoms with E-state index < -0.39 is 28.4 Å². The van der Waals surface area contributed by atoms with Gasteiger partial charge in [-0.25, -0.2) is 18.6 Å². The Morgan fingerprint density at radius 3 is 2.22 bits per heavy atom. The zero-order valence-corrected chi connectivity index (χ0v) is 21.4. The van der Waals surface area contributed by atoms with Crippen molar-refractivity contribution in [3.05, 3.63) is 89.5 Å². The number of hydrazone groups is 1. The molecule has 3 aromatic carbocycles. The third-order valence-electron chi connectivity index (χ3n) is 5.25. The monoisotopic (exact) mass is 525 g/mol. The molecule has 0 saturated carbocycles. The molecule has 0 aliphatic heterocycles. The van der Waals surface area contributed by atoms with E-state index in [0.717, 1.165) is 4.31 Å². The van der Waals surface area contributed by atoms with Crippen LogP contribution < -0.4 is 14.9 Å². The van der Waals surface area contributed by atoms with Crippen molar-refractivity contribution in [2.24, 2.45) is 5.10 Å². The van der Waals surface area contributed by atoms with E-state index in [-0.39, 0.29) is 17.2 Å². The zero-order valence-electron chi connectivity index (χ0n) is 20.6. The minimum atomic E-state index is -4.10. The molecule has 1 N–H and O–H groups in total. The Morgan fingerprint density at radius 1 is 0.919 bits per heavy atom. The maximum Gasteiger partial charge on any atom is 0.337 e. The molecule has 0 aromatic heterocycles. The highest BCUT2D eigenvalue weighted by molar-refractivity contribution is 7.89. The molecule has 194 valence electrons. The molecule has 3 aromatic rings. The van der Waals surface area contributed by atoms with E-state index in [9.17, 15) is 18.0 Å². The van der Waals surface area contributed by atoms with E-state index in [0.29, 0.717) is 22.4 Å². The minimum Gasteiger partial charge on any atom is -0.493 e. The van der Waals surface area contributed by atoms with Gasteiger partial charge in [0.15, 0.2) is 11.5 Å². The van der Waals surface area contributed by atoms with Crippen LogP contribution in [0.15, 0.2) is 82.8 Å². The summed E-state index contributed by atoms with van der Waals surface area (Å²) in [4.78, 5) is 24.2. The summed E-state index contributed by atoms with van der Waals surface area (Å²) < 4.78 is 43.2. The minimum absolute atomic E-state index is 0.0381. The van der Waals surface area contributed by atoms with Gasteiger partial charge in [0.2, 0.25) is 10.0 Å². The summed E-state index contributed by atoms with van der Waals surface area (Å²) in [7, 11) is 0.0457. The van der Waals surface area contributed by atoms with E-state index in [1.54, 1.807) is 48.5 Å². The lowest BCUT2D eigenvalue weighted by Crippen LogP contribution is -2.39. The van der Waals surface area contributed by atoms with E-state index in [2.05, 4.69) is 15.3 Å². The van der Waals surface area contributed by atoms with Gasteiger partial charge >= 0.3 is 5.97 Å². The Labute approximate surface area is 215 Å². The van der Waals surface area contributed by atoms with Crippen molar-refractivity contribution in [3.8, 4) is 11.5 Å². The predicted octanol–water partition coefficient (Wildman–Crippen LogP) is 2.83. The average Bonchev–Trinajstić information content (AvgIpc) is 2.92. The molecule has 0 heterocycles. The molecule has 37 heavy (non-hydrogen) atoms. The Bertz CT molecular complexity index is 1360. The standard InChI is InChI=1S/C26H27N3O7S/c1-34-23-14-13-22(15-24(23)35-2)37(32,33)29(17-20-7-5-4-6-8-20)18-25(30)28-27-16-19-9-11-21(12-10-19)26(31)36-3/h4-16H,17-18H2,1-3H3,(H,28,30). The predicted molar refractivity (Wildman–Crippen MR) is 137 cm³/mol. The number of carbonyl (C=O) groups is 2. The van der Waals surface area contributed by atoms with Gasteiger partial charge in [-0.05, 0) is 35.4 Å². The lowest BCUT2D eigenvalue weighted by Gasteiger charge is -2.22. The summed E-state index contributed by atoms with van der Waals surface area (Å²) in [6, 6.07) is 19.5. The summed E-state index contributed by atoms with van der Waals surface area (Å²) >= 11 is 0. The maximum absolute atomic E-state index is 13.5. The number of benzene rings is 3. The Balaban J connectivity index is 1.78. The van der Waals surface area contributed by atoms with Crippen LogP contribution in [-0.4, -0.2) is 58.7 Å². The first-order valence-electron chi connectivity index (χ1n) is 11.0. The fourth-order valence-corrected chi connectivity index (χ4v) is 4.74. The third kappa shape index (κ3) is 7.15. The number of amides is 1. The molecule has 0 saturated heterocycles. The van der Waals surface area contributed by atoms with Gasteiger partial charge in [-0.15, -0.1) is 0 Å². The van der Waals surface area contributed by atoms with Crippen molar-refractivity contribution >= 4 is 28.1 Å². The van der Waals surface area contributed by atoms with Gasteiger partial charge in [0, 0.05) is 12.6 Å². The van der Waals surface area contributed by atoms with Gasteiger partial charge in [-0.3, -0.25) is 4.79 Å². The summed E-state index contributed by atoms with van der Waals surface area (Å²) in [5, 5.41) is 3.90. The number of esters is 1. The van der Waals surface area contributed by atoms with Gasteiger partial charge in [-0.2, -0.15) is 9.41 Å². The summed E-state index contributed by atoms with van der Waals surface area (Å²) in [5.74, 6) is -0.480. The number of nitrogens with zero attached hydrogens (tertiary/aromatic N) is 2. The smallest absolute Gasteiger partial charge is 0.337 e. The Morgan fingerprint density at radius 2 is 1.59 bits per heavy atom. The fraction of sp³-hybridized carbons (Fsp3) is 0.192. The topological polar surface area (TPSA) is 124 Å². The lowest BCUT2D eigenvalue weighted by molar-refractivity contribution is -0.121. The first-order chi connectivity index (χ1) is 17.8. The SMILES string of the molecule is COC(=O)c1ccc(C=NNC(=O)CN(Cc2ccccc2)S(=O)(=O)c2ccc(OC)c(OC)c2)cc1. The molecule has 0 radical (unpaired) electrons. The average molecular weight is 526 g/mol. The molecule has 10 nitrogen and oxygen atoms in total. The quantitative estimate of drug-likeness (QED) is 0.232. The molecule has 0 bridgehead atoms. The largest absolute Gasteiger partial charge is 0.493 e. The molecular formula is C26H27N3O7S. The fourth-order valence-electron chi connectivity index (χ4n) is 3.34. The zero-order chi connectivity index (χ0) is 26.8. The normalized spacial score (nSPS) is 11.4. The number of ether oxygens (including phenoxy) is 3. The van der Waals surface area contributed by atoms with Crippen LogP contribution in [0.5, 0.6) is 11.5 Å². The highest BCUT2D eigenvalue weighted by atomic mass is 32.2. The number of rotatable bonds is 11. The number of hydrogen-bond donors (Lipinski definition) is 1. The van der Waals surface area contributed by atoms with Crippen LogP contribution in [0.3, 0.4) is 0 Å². The van der Waals surface area contributed by atoms with Crippen LogP contribution in [0.1, 0.15) is 21.5 Å². The van der Waals surface area contributed by atoms with Crippen LogP contribution in [0.2, 0.25) is 0 Å². The van der Waals surface area contributed by atoms with Crippen LogP contribution in [0, 0.1) is 0 Å². The lowest BCUT2D eigenvalue weighted by atomic mass is 10.1. The number of carbonyl (C=O) groups excluding carboxylic acids is 2. The van der Waals surface area contributed by atoms with Crippen molar-refractivity contribution in [1.29, 1.82) is 0 Å². The van der Waals surface area contributed by atoms with E-state index in [4.69, 9.17) is 9.47 Å². The summed E-state index contributed by atoms with van der Waals surface area (Å²) in [6.45, 7) is -0.520. The van der Waals surface area contributed by atoms with Crippen LogP contribution in [0.25, 0.3) is 0 Å². The van der Waals surface area contributed by atoms with Gasteiger partial charge < -0.3 is 14.2 Å². The maximum atomic E-state index is 13.5. The van der Waals surface area contributed by atoms with Crippen molar-refractivity contribution in [2.45, 2.75) is 11.4 Å². The Kier molecular flexibility index (Phi) is 9.36.